The van der Waals surface area contributed by atoms with Crippen molar-refractivity contribution in [2.75, 3.05) is 46.4 Å². The lowest BCUT2D eigenvalue weighted by molar-refractivity contribution is -0.192. The van der Waals surface area contributed by atoms with Crippen LogP contribution >= 0.6 is 11.3 Å². The van der Waals surface area contributed by atoms with Gasteiger partial charge in [0.15, 0.2) is 0 Å². The highest BCUT2D eigenvalue weighted by Gasteiger charge is 2.51. The first-order valence-corrected chi connectivity index (χ1v) is 11.2. The number of ether oxygens (including phenoxy) is 1. The maximum absolute atomic E-state index is 12.8. The first-order chi connectivity index (χ1) is 14.5. The molecule has 1 N–H and O–H groups in total. The first-order valence-electron chi connectivity index (χ1n) is 10.4. The second kappa shape index (κ2) is 9.46. The lowest BCUT2D eigenvalue weighted by Crippen LogP contribution is -2.38. The van der Waals surface area contributed by atoms with Crippen LogP contribution in [0.15, 0.2) is 12.1 Å². The molecule has 0 bridgehead atoms. The van der Waals surface area contributed by atoms with Gasteiger partial charge in [-0.3, -0.25) is 4.79 Å². The molecule has 6 nitrogen and oxygen atoms in total. The van der Waals surface area contributed by atoms with Crippen molar-refractivity contribution in [3.05, 3.63) is 21.9 Å². The minimum absolute atomic E-state index is 0.224. The summed E-state index contributed by atoms with van der Waals surface area (Å²) in [4.78, 5) is 28.6. The maximum atomic E-state index is 12.8. The molecule has 3 fully saturated rings. The summed E-state index contributed by atoms with van der Waals surface area (Å²) in [5, 5.41) is 7.12. The molecule has 0 aromatic carbocycles. The fourth-order valence-corrected chi connectivity index (χ4v) is 5.45. The smallest absolute Gasteiger partial charge is 0.475 e. The zero-order chi connectivity index (χ0) is 22.8. The summed E-state index contributed by atoms with van der Waals surface area (Å²) in [6.07, 6.45) is -1.15. The number of hydrogen-bond acceptors (Lipinski definition) is 5. The molecule has 1 saturated carbocycles. The van der Waals surface area contributed by atoms with Crippen molar-refractivity contribution >= 4 is 23.2 Å². The van der Waals surface area contributed by atoms with Gasteiger partial charge in [-0.25, -0.2) is 4.79 Å². The molecule has 174 valence electrons. The van der Waals surface area contributed by atoms with Crippen LogP contribution in [0.25, 0.3) is 0 Å². The first kappa shape index (κ1) is 24.0. The predicted molar refractivity (Wildman–Crippen MR) is 110 cm³/mol. The Bertz CT molecular complexity index is 796. The molecule has 4 rings (SSSR count). The van der Waals surface area contributed by atoms with Crippen LogP contribution in [0.4, 0.5) is 13.2 Å². The van der Waals surface area contributed by atoms with Gasteiger partial charge in [0.1, 0.15) is 0 Å². The second-order valence-corrected chi connectivity index (χ2v) is 10.1. The van der Waals surface area contributed by atoms with E-state index in [9.17, 15) is 18.0 Å². The summed E-state index contributed by atoms with van der Waals surface area (Å²) in [6.45, 7) is 8.22. The highest BCUT2D eigenvalue weighted by atomic mass is 32.1. The monoisotopic (exact) mass is 462 g/mol. The van der Waals surface area contributed by atoms with Gasteiger partial charge in [0.2, 0.25) is 0 Å². The van der Waals surface area contributed by atoms with Gasteiger partial charge < -0.3 is 19.6 Å². The average Bonchev–Trinajstić information content (AvgIpc) is 3.10. The number of methoxy groups -OCH3 is 1. The van der Waals surface area contributed by atoms with Gasteiger partial charge in [-0.05, 0) is 44.2 Å². The Morgan fingerprint density at radius 1 is 1.29 bits per heavy atom. The number of rotatable bonds is 5. The summed E-state index contributed by atoms with van der Waals surface area (Å²) >= 11 is 1.62. The van der Waals surface area contributed by atoms with E-state index in [1.807, 2.05) is 19.2 Å². The third-order valence-corrected chi connectivity index (χ3v) is 7.32. The van der Waals surface area contributed by atoms with Crippen molar-refractivity contribution in [2.24, 2.45) is 17.3 Å². The minimum atomic E-state index is -5.08. The number of carboxylic acids is 1. The molecular formula is C21H29F3N2O4S. The largest absolute Gasteiger partial charge is 0.490 e. The van der Waals surface area contributed by atoms with E-state index in [0.717, 1.165) is 50.0 Å². The molecule has 0 radical (unpaired) electrons. The van der Waals surface area contributed by atoms with Crippen LogP contribution < -0.4 is 0 Å². The third-order valence-electron chi connectivity index (χ3n) is 6.33. The van der Waals surface area contributed by atoms with Crippen molar-refractivity contribution in [2.45, 2.75) is 32.4 Å². The zero-order valence-electron chi connectivity index (χ0n) is 17.8. The molecule has 31 heavy (non-hydrogen) atoms. The van der Waals surface area contributed by atoms with Gasteiger partial charge in [-0.1, -0.05) is 0 Å². The van der Waals surface area contributed by atoms with E-state index in [1.165, 1.54) is 24.3 Å². The van der Waals surface area contributed by atoms with E-state index in [2.05, 4.69) is 16.7 Å². The lowest BCUT2D eigenvalue weighted by atomic mass is 9.77. The topological polar surface area (TPSA) is 70.1 Å². The molecule has 1 aliphatic carbocycles. The fraction of sp³-hybridized carbons (Fsp3) is 0.714. The van der Waals surface area contributed by atoms with E-state index < -0.39 is 12.1 Å². The van der Waals surface area contributed by atoms with Crippen LogP contribution in [0.1, 0.15) is 33.8 Å². The van der Waals surface area contributed by atoms with Crippen molar-refractivity contribution < 1.29 is 32.6 Å². The Hall–Kier alpha value is -1.65. The van der Waals surface area contributed by atoms with E-state index >= 15 is 0 Å². The Kier molecular flexibility index (Phi) is 7.32. The summed E-state index contributed by atoms with van der Waals surface area (Å²) in [5.74, 6) is -1.05. The minimum Gasteiger partial charge on any atom is -0.475 e. The summed E-state index contributed by atoms with van der Waals surface area (Å²) in [7, 11) is 1.81. The molecule has 1 spiro atoms. The predicted octanol–water partition coefficient (Wildman–Crippen LogP) is 3.51. The van der Waals surface area contributed by atoms with Crippen LogP contribution in [0.2, 0.25) is 0 Å². The molecule has 1 aromatic heterocycles. The van der Waals surface area contributed by atoms with Gasteiger partial charge in [0.25, 0.3) is 5.91 Å². The van der Waals surface area contributed by atoms with Crippen molar-refractivity contribution in [1.29, 1.82) is 0 Å². The van der Waals surface area contributed by atoms with Gasteiger partial charge in [-0.2, -0.15) is 13.2 Å². The number of nitrogens with zero attached hydrogens (tertiary/aromatic N) is 2. The Labute approximate surface area is 184 Å². The molecule has 1 aromatic rings. The lowest BCUT2D eigenvalue weighted by Gasteiger charge is -2.30. The fourth-order valence-electron chi connectivity index (χ4n) is 4.62. The van der Waals surface area contributed by atoms with Crippen LogP contribution in [0.5, 0.6) is 0 Å². The number of likely N-dealkylation sites (tertiary alicyclic amines) is 2. The quantitative estimate of drug-likeness (QED) is 0.725. The Balaban J connectivity index is 0.000000339. The second-order valence-electron chi connectivity index (χ2n) is 8.84. The Morgan fingerprint density at radius 3 is 2.48 bits per heavy atom. The molecular weight excluding hydrogens is 433 g/mol. The van der Waals surface area contributed by atoms with Gasteiger partial charge in [0, 0.05) is 56.0 Å². The number of amides is 1. The maximum Gasteiger partial charge on any atom is 0.490 e. The number of aryl methyl sites for hydroxylation is 1. The summed E-state index contributed by atoms with van der Waals surface area (Å²) in [5.41, 5.74) is 0.243. The number of thiophene rings is 1. The summed E-state index contributed by atoms with van der Waals surface area (Å²) in [6, 6.07) is 4.03. The van der Waals surface area contributed by atoms with Gasteiger partial charge in [-0.15, -0.1) is 11.3 Å². The van der Waals surface area contributed by atoms with E-state index in [0.29, 0.717) is 5.92 Å². The molecule has 2 saturated heterocycles. The molecule has 2 aliphatic heterocycles. The van der Waals surface area contributed by atoms with E-state index in [1.54, 1.807) is 11.3 Å². The standard InChI is InChI=1S/C19H28N2O2S.C2HF3O2/c1-14-3-6-17(24-14)18(22)21-8-7-19(13-21)12-20(9-15-4-5-15)10-16(19)11-23-2;3-2(4,5)1(6)7/h3,6,15-16H,4-5,7-13H2,1-2H3;(H,6,7)/t16-,19-;/m1./s1. The molecule has 2 atom stereocenters. The van der Waals surface area contributed by atoms with Gasteiger partial charge >= 0.3 is 12.1 Å². The van der Waals surface area contributed by atoms with Crippen molar-refractivity contribution in [3.63, 3.8) is 0 Å². The van der Waals surface area contributed by atoms with Crippen LogP contribution in [0.3, 0.4) is 0 Å². The molecule has 0 unspecified atom stereocenters. The zero-order valence-corrected chi connectivity index (χ0v) is 18.6. The normalized spacial score (nSPS) is 26.2. The van der Waals surface area contributed by atoms with Gasteiger partial charge in [0.05, 0.1) is 11.5 Å². The third kappa shape index (κ3) is 5.98. The Morgan fingerprint density at radius 2 is 1.97 bits per heavy atom. The SMILES string of the molecule is COC[C@H]1CN(CC2CC2)C[C@@]12CCN(C(=O)c1ccc(C)s1)C2.O=C(O)C(F)(F)F. The molecule has 3 heterocycles. The molecule has 3 aliphatic rings. The molecule has 1 amide bonds. The van der Waals surface area contributed by atoms with Crippen molar-refractivity contribution in [1.82, 2.24) is 9.80 Å². The number of alkyl halides is 3. The number of aliphatic carboxylic acids is 1. The number of carbonyl (C=O) groups excluding carboxylic acids is 1. The number of halogens is 3. The average molecular weight is 463 g/mol. The van der Waals surface area contributed by atoms with E-state index in [-0.39, 0.29) is 11.3 Å². The highest BCUT2D eigenvalue weighted by molar-refractivity contribution is 7.13. The van der Waals surface area contributed by atoms with Crippen LogP contribution in [-0.2, 0) is 9.53 Å². The van der Waals surface area contributed by atoms with Crippen molar-refractivity contribution in [3.8, 4) is 0 Å². The van der Waals surface area contributed by atoms with Crippen LogP contribution in [-0.4, -0.2) is 79.4 Å². The number of carboxylic acid groups (broad SMARTS) is 1. The summed E-state index contributed by atoms with van der Waals surface area (Å²) < 4.78 is 37.3. The van der Waals surface area contributed by atoms with Crippen LogP contribution in [0, 0.1) is 24.2 Å². The highest BCUT2D eigenvalue weighted by Crippen LogP contribution is 2.45. The van der Waals surface area contributed by atoms with E-state index in [4.69, 9.17) is 14.6 Å². The number of carbonyl (C=O) groups is 2. The molecule has 10 heteroatoms. The number of hydrogen-bond donors (Lipinski definition) is 1.